The van der Waals surface area contributed by atoms with Gasteiger partial charge in [-0.3, -0.25) is 4.98 Å². The van der Waals surface area contributed by atoms with Crippen LogP contribution in [-0.2, 0) is 6.54 Å². The first-order valence-electron chi connectivity index (χ1n) is 5.78. The highest BCUT2D eigenvalue weighted by atomic mass is 16.5. The minimum Gasteiger partial charge on any atom is -0.497 e. The molecule has 4 nitrogen and oxygen atoms in total. The molecule has 94 valence electrons. The quantitative estimate of drug-likeness (QED) is 0.810. The van der Waals surface area contributed by atoms with Gasteiger partial charge in [-0.1, -0.05) is 6.07 Å². The predicted molar refractivity (Wildman–Crippen MR) is 73.7 cm³/mol. The van der Waals surface area contributed by atoms with Gasteiger partial charge in [0.1, 0.15) is 5.75 Å². The minimum atomic E-state index is 0.666. The molecule has 0 radical (unpaired) electrons. The molecule has 0 fully saturated rings. The van der Waals surface area contributed by atoms with Crippen LogP contribution in [0.3, 0.4) is 0 Å². The Balaban J connectivity index is 2.11. The molecule has 0 spiro atoms. The number of benzene rings is 1. The summed E-state index contributed by atoms with van der Waals surface area (Å²) in [4.78, 5) is 4.33. The van der Waals surface area contributed by atoms with Gasteiger partial charge in [0.05, 0.1) is 19.3 Å². The van der Waals surface area contributed by atoms with E-state index in [2.05, 4.69) is 10.3 Å². The number of hydrogen-bond donors (Lipinski definition) is 2. The second kappa shape index (κ2) is 5.40. The smallest absolute Gasteiger partial charge is 0.122 e. The maximum absolute atomic E-state index is 5.80. The standard InChI is InChI=1S/C14H17N3O/c1-10-4-3-5-16-14(10)9-17-12-6-11(15)7-13(8-12)18-2/h3-8,17H,9,15H2,1-2H3. The van der Waals surface area contributed by atoms with Gasteiger partial charge in [0, 0.05) is 29.7 Å². The van der Waals surface area contributed by atoms with Crippen molar-refractivity contribution in [3.05, 3.63) is 47.8 Å². The van der Waals surface area contributed by atoms with E-state index in [0.29, 0.717) is 12.2 Å². The average molecular weight is 243 g/mol. The summed E-state index contributed by atoms with van der Waals surface area (Å²) in [5.74, 6) is 0.746. The van der Waals surface area contributed by atoms with Crippen molar-refractivity contribution in [3.8, 4) is 5.75 Å². The Morgan fingerprint density at radius 1 is 1.33 bits per heavy atom. The van der Waals surface area contributed by atoms with Gasteiger partial charge in [0.2, 0.25) is 0 Å². The summed E-state index contributed by atoms with van der Waals surface area (Å²) in [6, 6.07) is 9.55. The zero-order valence-corrected chi connectivity index (χ0v) is 10.6. The fraction of sp³-hybridized carbons (Fsp3) is 0.214. The summed E-state index contributed by atoms with van der Waals surface area (Å²) < 4.78 is 5.18. The van der Waals surface area contributed by atoms with Gasteiger partial charge < -0.3 is 15.8 Å². The van der Waals surface area contributed by atoms with E-state index in [1.165, 1.54) is 5.56 Å². The zero-order chi connectivity index (χ0) is 13.0. The number of nitrogen functional groups attached to an aromatic ring is 1. The number of pyridine rings is 1. The van der Waals surface area contributed by atoms with Crippen LogP contribution in [0.2, 0.25) is 0 Å². The third kappa shape index (κ3) is 2.91. The largest absolute Gasteiger partial charge is 0.497 e. The number of ether oxygens (including phenoxy) is 1. The van der Waals surface area contributed by atoms with Crippen LogP contribution in [0.5, 0.6) is 5.75 Å². The Bertz CT molecular complexity index is 540. The molecule has 1 aromatic carbocycles. The lowest BCUT2D eigenvalue weighted by Gasteiger charge is -2.10. The van der Waals surface area contributed by atoms with E-state index in [4.69, 9.17) is 10.5 Å². The lowest BCUT2D eigenvalue weighted by molar-refractivity contribution is 0.415. The number of nitrogens with one attached hydrogen (secondary N) is 1. The van der Waals surface area contributed by atoms with Crippen molar-refractivity contribution in [1.82, 2.24) is 4.98 Å². The number of hydrogen-bond acceptors (Lipinski definition) is 4. The van der Waals surface area contributed by atoms with Gasteiger partial charge in [-0.05, 0) is 24.6 Å². The van der Waals surface area contributed by atoms with Crippen molar-refractivity contribution in [2.45, 2.75) is 13.5 Å². The molecule has 1 heterocycles. The van der Waals surface area contributed by atoms with E-state index in [0.717, 1.165) is 17.1 Å². The van der Waals surface area contributed by atoms with Crippen LogP contribution in [0.4, 0.5) is 11.4 Å². The third-order valence-electron chi connectivity index (χ3n) is 2.74. The van der Waals surface area contributed by atoms with Crippen LogP contribution in [0, 0.1) is 6.92 Å². The highest BCUT2D eigenvalue weighted by Crippen LogP contribution is 2.22. The number of anilines is 2. The van der Waals surface area contributed by atoms with E-state index in [1.807, 2.05) is 31.2 Å². The maximum atomic E-state index is 5.80. The van der Waals surface area contributed by atoms with Gasteiger partial charge in [-0.2, -0.15) is 0 Å². The average Bonchev–Trinajstić information content (AvgIpc) is 2.37. The molecule has 0 aliphatic rings. The number of nitrogens with two attached hydrogens (primary N) is 1. The molecule has 3 N–H and O–H groups in total. The zero-order valence-electron chi connectivity index (χ0n) is 10.6. The van der Waals surface area contributed by atoms with Crippen LogP contribution >= 0.6 is 0 Å². The van der Waals surface area contributed by atoms with Gasteiger partial charge in [-0.25, -0.2) is 0 Å². The monoisotopic (exact) mass is 243 g/mol. The first-order valence-corrected chi connectivity index (χ1v) is 5.78. The van der Waals surface area contributed by atoms with Crippen LogP contribution in [0.25, 0.3) is 0 Å². The molecule has 2 rings (SSSR count). The molecule has 0 aliphatic carbocycles. The molecule has 4 heteroatoms. The van der Waals surface area contributed by atoms with Crippen molar-refractivity contribution < 1.29 is 4.74 Å². The van der Waals surface area contributed by atoms with Crippen LogP contribution in [-0.4, -0.2) is 12.1 Å². The van der Waals surface area contributed by atoms with Gasteiger partial charge in [-0.15, -0.1) is 0 Å². The van der Waals surface area contributed by atoms with Crippen LogP contribution in [0.1, 0.15) is 11.3 Å². The molecule has 0 aliphatic heterocycles. The molecule has 0 atom stereocenters. The van der Waals surface area contributed by atoms with E-state index >= 15 is 0 Å². The van der Waals surface area contributed by atoms with E-state index in [-0.39, 0.29) is 0 Å². The summed E-state index contributed by atoms with van der Waals surface area (Å²) in [6.45, 7) is 2.71. The number of aromatic nitrogens is 1. The first kappa shape index (κ1) is 12.2. The van der Waals surface area contributed by atoms with Crippen molar-refractivity contribution in [3.63, 3.8) is 0 Å². The van der Waals surface area contributed by atoms with Gasteiger partial charge in [0.25, 0.3) is 0 Å². The Labute approximate surface area is 107 Å². The molecule has 2 aromatic rings. The summed E-state index contributed by atoms with van der Waals surface area (Å²) in [6.07, 6.45) is 1.80. The Kier molecular flexibility index (Phi) is 3.67. The molecule has 0 amide bonds. The fourth-order valence-corrected chi connectivity index (χ4v) is 1.73. The third-order valence-corrected chi connectivity index (χ3v) is 2.74. The molecule has 0 bridgehead atoms. The molecule has 1 aromatic heterocycles. The lowest BCUT2D eigenvalue weighted by atomic mass is 10.2. The summed E-state index contributed by atoms with van der Waals surface area (Å²) in [5.41, 5.74) is 9.60. The van der Waals surface area contributed by atoms with Crippen LogP contribution < -0.4 is 15.8 Å². The molecular formula is C14H17N3O. The lowest BCUT2D eigenvalue weighted by Crippen LogP contribution is -2.04. The number of methoxy groups -OCH3 is 1. The SMILES string of the molecule is COc1cc(N)cc(NCc2ncccc2C)c1. The van der Waals surface area contributed by atoms with Crippen molar-refractivity contribution in [2.24, 2.45) is 0 Å². The normalized spacial score (nSPS) is 10.1. The Hall–Kier alpha value is -2.23. The molecule has 18 heavy (non-hydrogen) atoms. The van der Waals surface area contributed by atoms with Crippen molar-refractivity contribution >= 4 is 11.4 Å². The number of nitrogens with zero attached hydrogens (tertiary/aromatic N) is 1. The van der Waals surface area contributed by atoms with E-state index in [1.54, 1.807) is 19.4 Å². The fourth-order valence-electron chi connectivity index (χ4n) is 1.73. The van der Waals surface area contributed by atoms with E-state index in [9.17, 15) is 0 Å². The molecular weight excluding hydrogens is 226 g/mol. The summed E-state index contributed by atoms with van der Waals surface area (Å²) >= 11 is 0. The first-order chi connectivity index (χ1) is 8.69. The van der Waals surface area contributed by atoms with Crippen molar-refractivity contribution in [1.29, 1.82) is 0 Å². The van der Waals surface area contributed by atoms with Gasteiger partial charge in [0.15, 0.2) is 0 Å². The number of rotatable bonds is 4. The summed E-state index contributed by atoms with van der Waals surface area (Å²) in [7, 11) is 1.63. The Morgan fingerprint density at radius 3 is 2.89 bits per heavy atom. The highest BCUT2D eigenvalue weighted by molar-refractivity contribution is 5.59. The predicted octanol–water partition coefficient (Wildman–Crippen LogP) is 2.59. The second-order valence-electron chi connectivity index (χ2n) is 4.12. The second-order valence-corrected chi connectivity index (χ2v) is 4.12. The van der Waals surface area contributed by atoms with Crippen LogP contribution in [0.15, 0.2) is 36.5 Å². The van der Waals surface area contributed by atoms with E-state index < -0.39 is 0 Å². The highest BCUT2D eigenvalue weighted by Gasteiger charge is 2.01. The molecule has 0 unspecified atom stereocenters. The Morgan fingerprint density at radius 2 is 2.17 bits per heavy atom. The minimum absolute atomic E-state index is 0.666. The molecule has 0 saturated carbocycles. The van der Waals surface area contributed by atoms with Gasteiger partial charge >= 0.3 is 0 Å². The van der Waals surface area contributed by atoms with Crippen molar-refractivity contribution in [2.75, 3.05) is 18.2 Å². The topological polar surface area (TPSA) is 60.2 Å². The molecule has 0 saturated heterocycles. The summed E-state index contributed by atoms with van der Waals surface area (Å²) in [5, 5.41) is 3.29. The number of aryl methyl sites for hydroxylation is 1. The maximum Gasteiger partial charge on any atom is 0.122 e.